The second-order valence-corrected chi connectivity index (χ2v) is 6.09. The van der Waals surface area contributed by atoms with Gasteiger partial charge in [0.2, 0.25) is 5.88 Å². The molecule has 0 spiro atoms. The zero-order valence-electron chi connectivity index (χ0n) is 12.6. The highest BCUT2D eigenvalue weighted by Gasteiger charge is 2.13. The highest BCUT2D eigenvalue weighted by Crippen LogP contribution is 2.26. The molecule has 1 heterocycles. The Kier molecular flexibility index (Phi) is 4.09. The molecule has 0 saturated carbocycles. The molecule has 0 radical (unpaired) electrons. The SMILES string of the molecule is CC(N)c1ccnc(Oc2ccc(C(C)(C)C)cc2)c1. The predicted molar refractivity (Wildman–Crippen MR) is 82.1 cm³/mol. The number of nitrogens with zero attached hydrogens (tertiary/aromatic N) is 1. The van der Waals surface area contributed by atoms with Crippen LogP contribution in [0.4, 0.5) is 0 Å². The van der Waals surface area contributed by atoms with Gasteiger partial charge < -0.3 is 10.5 Å². The lowest BCUT2D eigenvalue weighted by Gasteiger charge is -2.19. The summed E-state index contributed by atoms with van der Waals surface area (Å²) in [5, 5.41) is 0. The van der Waals surface area contributed by atoms with Gasteiger partial charge in [0.05, 0.1) is 0 Å². The molecule has 2 rings (SSSR count). The van der Waals surface area contributed by atoms with E-state index in [0.29, 0.717) is 5.88 Å². The van der Waals surface area contributed by atoms with E-state index in [2.05, 4.69) is 37.9 Å². The van der Waals surface area contributed by atoms with Crippen LogP contribution in [0.1, 0.15) is 44.9 Å². The largest absolute Gasteiger partial charge is 0.439 e. The van der Waals surface area contributed by atoms with Crippen LogP contribution in [0, 0.1) is 0 Å². The van der Waals surface area contributed by atoms with Crippen LogP contribution in [-0.4, -0.2) is 4.98 Å². The van der Waals surface area contributed by atoms with Crippen molar-refractivity contribution in [3.05, 3.63) is 53.7 Å². The van der Waals surface area contributed by atoms with Crippen molar-refractivity contribution in [2.75, 3.05) is 0 Å². The van der Waals surface area contributed by atoms with Crippen molar-refractivity contribution in [2.45, 2.75) is 39.2 Å². The molecule has 0 bridgehead atoms. The van der Waals surface area contributed by atoms with E-state index in [1.807, 2.05) is 31.2 Å². The zero-order chi connectivity index (χ0) is 14.8. The first kappa shape index (κ1) is 14.5. The standard InChI is InChI=1S/C17H22N2O/c1-12(18)13-9-10-19-16(11-13)20-15-7-5-14(6-8-15)17(2,3)4/h5-12H,18H2,1-4H3. The third-order valence-corrected chi connectivity index (χ3v) is 3.23. The quantitative estimate of drug-likeness (QED) is 0.909. The minimum absolute atomic E-state index is 0.0244. The van der Waals surface area contributed by atoms with Gasteiger partial charge >= 0.3 is 0 Å². The van der Waals surface area contributed by atoms with Gasteiger partial charge in [0, 0.05) is 18.3 Å². The molecule has 2 N–H and O–H groups in total. The first-order valence-electron chi connectivity index (χ1n) is 6.86. The van der Waals surface area contributed by atoms with Crippen molar-refractivity contribution in [3.63, 3.8) is 0 Å². The lowest BCUT2D eigenvalue weighted by molar-refractivity contribution is 0.460. The summed E-state index contributed by atoms with van der Waals surface area (Å²) < 4.78 is 5.77. The summed E-state index contributed by atoms with van der Waals surface area (Å²) in [7, 11) is 0. The fourth-order valence-corrected chi connectivity index (χ4v) is 1.91. The van der Waals surface area contributed by atoms with E-state index in [1.165, 1.54) is 5.56 Å². The van der Waals surface area contributed by atoms with Gasteiger partial charge in [0.15, 0.2) is 0 Å². The van der Waals surface area contributed by atoms with Gasteiger partial charge in [-0.25, -0.2) is 4.98 Å². The lowest BCUT2D eigenvalue weighted by atomic mass is 9.87. The van der Waals surface area contributed by atoms with Crippen LogP contribution >= 0.6 is 0 Å². The average molecular weight is 270 g/mol. The normalized spacial score (nSPS) is 13.1. The lowest BCUT2D eigenvalue weighted by Crippen LogP contribution is -2.10. The first-order valence-corrected chi connectivity index (χ1v) is 6.86. The van der Waals surface area contributed by atoms with Crippen LogP contribution < -0.4 is 10.5 Å². The second kappa shape index (κ2) is 5.63. The molecule has 3 nitrogen and oxygen atoms in total. The van der Waals surface area contributed by atoms with E-state index in [4.69, 9.17) is 10.5 Å². The van der Waals surface area contributed by atoms with Gasteiger partial charge in [-0.2, -0.15) is 0 Å². The molecule has 1 aromatic heterocycles. The number of nitrogens with two attached hydrogens (primary N) is 1. The molecule has 1 aromatic carbocycles. The maximum absolute atomic E-state index is 5.86. The van der Waals surface area contributed by atoms with Gasteiger partial charge in [-0.1, -0.05) is 32.9 Å². The fourth-order valence-electron chi connectivity index (χ4n) is 1.91. The van der Waals surface area contributed by atoms with Gasteiger partial charge in [0.25, 0.3) is 0 Å². The number of rotatable bonds is 3. The van der Waals surface area contributed by atoms with E-state index >= 15 is 0 Å². The van der Waals surface area contributed by atoms with Gasteiger partial charge in [-0.05, 0) is 41.7 Å². The Morgan fingerprint density at radius 2 is 1.75 bits per heavy atom. The minimum atomic E-state index is -0.0244. The van der Waals surface area contributed by atoms with Gasteiger partial charge in [0.1, 0.15) is 5.75 Å². The Labute approximate surface area is 120 Å². The van der Waals surface area contributed by atoms with Crippen molar-refractivity contribution in [1.29, 1.82) is 0 Å². The topological polar surface area (TPSA) is 48.1 Å². The summed E-state index contributed by atoms with van der Waals surface area (Å²) in [6.07, 6.45) is 1.72. The Hall–Kier alpha value is -1.87. The molecule has 20 heavy (non-hydrogen) atoms. The van der Waals surface area contributed by atoms with E-state index in [1.54, 1.807) is 6.20 Å². The van der Waals surface area contributed by atoms with E-state index < -0.39 is 0 Å². The molecule has 1 atom stereocenters. The van der Waals surface area contributed by atoms with Crippen molar-refractivity contribution in [3.8, 4) is 11.6 Å². The Bertz CT molecular complexity index is 568. The number of benzene rings is 1. The number of hydrogen-bond donors (Lipinski definition) is 1. The second-order valence-electron chi connectivity index (χ2n) is 6.09. The number of pyridine rings is 1. The molecule has 0 fully saturated rings. The van der Waals surface area contributed by atoms with Gasteiger partial charge in [-0.15, -0.1) is 0 Å². The number of ether oxygens (including phenoxy) is 1. The van der Waals surface area contributed by atoms with Crippen molar-refractivity contribution >= 4 is 0 Å². The Morgan fingerprint density at radius 3 is 2.30 bits per heavy atom. The highest BCUT2D eigenvalue weighted by atomic mass is 16.5. The molecule has 0 saturated heterocycles. The molecule has 0 aliphatic carbocycles. The molecule has 1 unspecified atom stereocenters. The molecular formula is C17H22N2O. The monoisotopic (exact) mass is 270 g/mol. The Balaban J connectivity index is 2.16. The molecule has 0 amide bonds. The zero-order valence-corrected chi connectivity index (χ0v) is 12.6. The minimum Gasteiger partial charge on any atom is -0.439 e. The molecule has 3 heteroatoms. The molecule has 0 aliphatic heterocycles. The highest BCUT2D eigenvalue weighted by molar-refractivity contribution is 5.34. The third-order valence-electron chi connectivity index (χ3n) is 3.23. The van der Waals surface area contributed by atoms with Crippen LogP contribution in [0.3, 0.4) is 0 Å². The van der Waals surface area contributed by atoms with Crippen molar-refractivity contribution in [1.82, 2.24) is 4.98 Å². The summed E-state index contributed by atoms with van der Waals surface area (Å²) >= 11 is 0. The summed E-state index contributed by atoms with van der Waals surface area (Å²) in [5.41, 5.74) is 8.30. The summed E-state index contributed by atoms with van der Waals surface area (Å²) in [4.78, 5) is 4.21. The average Bonchev–Trinajstić information content (AvgIpc) is 2.38. The number of aromatic nitrogens is 1. The van der Waals surface area contributed by atoms with Crippen LogP contribution in [0.15, 0.2) is 42.6 Å². The van der Waals surface area contributed by atoms with Gasteiger partial charge in [-0.3, -0.25) is 0 Å². The summed E-state index contributed by atoms with van der Waals surface area (Å²) in [6.45, 7) is 8.51. The molecule has 2 aromatic rings. The summed E-state index contributed by atoms with van der Waals surface area (Å²) in [5.74, 6) is 1.36. The van der Waals surface area contributed by atoms with Crippen LogP contribution in [-0.2, 0) is 5.41 Å². The van der Waals surface area contributed by atoms with E-state index in [-0.39, 0.29) is 11.5 Å². The van der Waals surface area contributed by atoms with E-state index in [9.17, 15) is 0 Å². The maximum Gasteiger partial charge on any atom is 0.219 e. The van der Waals surface area contributed by atoms with Crippen LogP contribution in [0.5, 0.6) is 11.6 Å². The van der Waals surface area contributed by atoms with Crippen LogP contribution in [0.2, 0.25) is 0 Å². The summed E-state index contributed by atoms with van der Waals surface area (Å²) in [6, 6.07) is 11.9. The van der Waals surface area contributed by atoms with Crippen molar-refractivity contribution in [2.24, 2.45) is 5.73 Å². The van der Waals surface area contributed by atoms with E-state index in [0.717, 1.165) is 11.3 Å². The van der Waals surface area contributed by atoms with Crippen LogP contribution in [0.25, 0.3) is 0 Å². The molecule has 0 aliphatic rings. The third kappa shape index (κ3) is 3.58. The first-order chi connectivity index (χ1) is 9.36. The smallest absolute Gasteiger partial charge is 0.219 e. The maximum atomic E-state index is 5.86. The molecule has 106 valence electrons. The molecular weight excluding hydrogens is 248 g/mol. The predicted octanol–water partition coefficient (Wildman–Crippen LogP) is 4.19. The van der Waals surface area contributed by atoms with Crippen molar-refractivity contribution < 1.29 is 4.74 Å². The Morgan fingerprint density at radius 1 is 1.10 bits per heavy atom. The number of hydrogen-bond acceptors (Lipinski definition) is 3. The fraction of sp³-hybridized carbons (Fsp3) is 0.353.